The maximum Gasteiger partial charge on any atom is 0.273 e. The molecule has 2 fully saturated rings. The van der Waals surface area contributed by atoms with Gasteiger partial charge < -0.3 is 19.4 Å². The number of thiazole rings is 1. The van der Waals surface area contributed by atoms with Crippen molar-refractivity contribution in [3.63, 3.8) is 0 Å². The first-order valence-electron chi connectivity index (χ1n) is 10.0. The van der Waals surface area contributed by atoms with Crippen molar-refractivity contribution in [3.05, 3.63) is 35.3 Å². The van der Waals surface area contributed by atoms with E-state index in [1.54, 1.807) is 18.4 Å². The Bertz CT molecular complexity index is 808. The highest BCUT2D eigenvalue weighted by Crippen LogP contribution is 2.27. The van der Waals surface area contributed by atoms with Gasteiger partial charge in [0.05, 0.1) is 7.11 Å². The van der Waals surface area contributed by atoms with Crippen LogP contribution in [0, 0.1) is 5.92 Å². The quantitative estimate of drug-likeness (QED) is 0.788. The zero-order chi connectivity index (χ0) is 19.5. The molecule has 0 radical (unpaired) electrons. The van der Waals surface area contributed by atoms with Gasteiger partial charge in [-0.3, -0.25) is 4.79 Å². The molecule has 28 heavy (non-hydrogen) atoms. The molecule has 0 spiro atoms. The molecule has 6 nitrogen and oxygen atoms in total. The van der Waals surface area contributed by atoms with E-state index in [1.807, 2.05) is 22.4 Å². The number of aromatic nitrogens is 1. The molecule has 0 unspecified atom stereocenters. The molecule has 0 aliphatic carbocycles. The second-order valence-electron chi connectivity index (χ2n) is 7.67. The number of benzene rings is 1. The van der Waals surface area contributed by atoms with Crippen LogP contribution in [0.1, 0.15) is 30.3 Å². The van der Waals surface area contributed by atoms with E-state index < -0.39 is 0 Å². The number of anilines is 2. The number of amides is 1. The number of carbonyl (C=O) groups is 1. The van der Waals surface area contributed by atoms with Gasteiger partial charge >= 0.3 is 0 Å². The highest BCUT2D eigenvalue weighted by Gasteiger charge is 2.25. The summed E-state index contributed by atoms with van der Waals surface area (Å²) in [6.45, 7) is 7.63. The monoisotopic (exact) mass is 400 g/mol. The molecule has 0 N–H and O–H groups in total. The summed E-state index contributed by atoms with van der Waals surface area (Å²) in [7, 11) is 1.70. The summed E-state index contributed by atoms with van der Waals surface area (Å²) in [5, 5.41) is 2.88. The minimum absolute atomic E-state index is 0.0874. The van der Waals surface area contributed by atoms with Crippen LogP contribution in [0.3, 0.4) is 0 Å². The summed E-state index contributed by atoms with van der Waals surface area (Å²) >= 11 is 1.58. The third-order valence-electron chi connectivity index (χ3n) is 5.75. The van der Waals surface area contributed by atoms with E-state index in [9.17, 15) is 4.79 Å². The van der Waals surface area contributed by atoms with Gasteiger partial charge in [-0.25, -0.2) is 4.98 Å². The largest absolute Gasteiger partial charge is 0.497 e. The number of nitrogens with zero attached hydrogens (tertiary/aromatic N) is 4. The first kappa shape index (κ1) is 19.1. The van der Waals surface area contributed by atoms with E-state index in [0.29, 0.717) is 5.69 Å². The number of rotatable bonds is 4. The van der Waals surface area contributed by atoms with Crippen LogP contribution in [-0.4, -0.2) is 62.2 Å². The predicted octanol–water partition coefficient (Wildman–Crippen LogP) is 3.35. The molecule has 150 valence electrons. The maximum absolute atomic E-state index is 12.7. The summed E-state index contributed by atoms with van der Waals surface area (Å²) in [5.74, 6) is 1.69. The Hall–Kier alpha value is -2.28. The fourth-order valence-electron chi connectivity index (χ4n) is 3.84. The number of carbonyl (C=O) groups excluding carboxylic acids is 1. The molecule has 0 atom stereocenters. The van der Waals surface area contributed by atoms with Crippen molar-refractivity contribution in [1.82, 2.24) is 9.88 Å². The summed E-state index contributed by atoms with van der Waals surface area (Å²) in [6.07, 6.45) is 2.18. The molecular weight excluding hydrogens is 372 g/mol. The molecule has 4 rings (SSSR count). The van der Waals surface area contributed by atoms with Gasteiger partial charge in [-0.2, -0.15) is 0 Å². The van der Waals surface area contributed by atoms with E-state index in [4.69, 9.17) is 4.74 Å². The van der Waals surface area contributed by atoms with E-state index in [1.165, 1.54) is 5.69 Å². The molecule has 2 aliphatic rings. The zero-order valence-corrected chi connectivity index (χ0v) is 17.5. The molecule has 2 aromatic rings. The Morgan fingerprint density at radius 1 is 1.11 bits per heavy atom. The van der Waals surface area contributed by atoms with E-state index in [0.717, 1.165) is 68.9 Å². The predicted molar refractivity (Wildman–Crippen MR) is 114 cm³/mol. The third kappa shape index (κ3) is 4.09. The highest BCUT2D eigenvalue weighted by molar-refractivity contribution is 7.13. The molecule has 2 saturated heterocycles. The fourth-order valence-corrected chi connectivity index (χ4v) is 4.70. The molecule has 0 bridgehead atoms. The molecule has 0 saturated carbocycles. The van der Waals surface area contributed by atoms with E-state index in [-0.39, 0.29) is 5.91 Å². The molecule has 1 aromatic carbocycles. The van der Waals surface area contributed by atoms with Gasteiger partial charge in [0.15, 0.2) is 5.13 Å². The van der Waals surface area contributed by atoms with Crippen LogP contribution in [-0.2, 0) is 0 Å². The number of hydrogen-bond donors (Lipinski definition) is 0. The Kier molecular flexibility index (Phi) is 5.71. The van der Waals surface area contributed by atoms with Gasteiger partial charge in [-0.15, -0.1) is 11.3 Å². The lowest BCUT2D eigenvalue weighted by Gasteiger charge is -2.36. The van der Waals surface area contributed by atoms with Gasteiger partial charge in [-0.1, -0.05) is 13.0 Å². The Morgan fingerprint density at radius 2 is 1.82 bits per heavy atom. The number of piperidine rings is 1. The molecule has 7 heteroatoms. The average Bonchev–Trinajstić information content (AvgIpc) is 3.24. The standard InChI is InChI=1S/C21H28N4O2S/c1-16-6-8-24(9-7-16)20(26)19-15-28-21(22-19)25-12-10-23(11-13-25)17-4-3-5-18(14-17)27-2/h3-5,14-16H,6-13H2,1-2H3. The number of ether oxygens (including phenoxy) is 1. The third-order valence-corrected chi connectivity index (χ3v) is 6.65. The van der Waals surface area contributed by atoms with Crippen molar-refractivity contribution in [1.29, 1.82) is 0 Å². The van der Waals surface area contributed by atoms with Crippen molar-refractivity contribution in [2.45, 2.75) is 19.8 Å². The Labute approximate surface area is 170 Å². The first-order valence-corrected chi connectivity index (χ1v) is 10.9. The van der Waals surface area contributed by atoms with Crippen molar-refractivity contribution in [3.8, 4) is 5.75 Å². The van der Waals surface area contributed by atoms with Crippen LogP contribution in [0.25, 0.3) is 0 Å². The first-order chi connectivity index (χ1) is 13.6. The minimum atomic E-state index is 0.0874. The zero-order valence-electron chi connectivity index (χ0n) is 16.6. The van der Waals surface area contributed by atoms with Crippen LogP contribution in [0.2, 0.25) is 0 Å². The minimum Gasteiger partial charge on any atom is -0.497 e. The van der Waals surface area contributed by atoms with Crippen molar-refractivity contribution >= 4 is 28.1 Å². The molecule has 1 amide bonds. The Morgan fingerprint density at radius 3 is 2.54 bits per heavy atom. The lowest BCUT2D eigenvalue weighted by Crippen LogP contribution is -2.46. The van der Waals surface area contributed by atoms with Gasteiger partial charge in [0.1, 0.15) is 11.4 Å². The smallest absolute Gasteiger partial charge is 0.273 e. The number of methoxy groups -OCH3 is 1. The number of piperazine rings is 1. The summed E-state index contributed by atoms with van der Waals surface area (Å²) in [4.78, 5) is 24.0. The van der Waals surface area contributed by atoms with Crippen molar-refractivity contribution < 1.29 is 9.53 Å². The lowest BCUT2D eigenvalue weighted by molar-refractivity contribution is 0.0692. The normalized spacial score (nSPS) is 18.4. The summed E-state index contributed by atoms with van der Waals surface area (Å²) in [5.41, 5.74) is 1.79. The van der Waals surface area contributed by atoms with E-state index >= 15 is 0 Å². The van der Waals surface area contributed by atoms with Crippen LogP contribution >= 0.6 is 11.3 Å². The molecule has 1 aromatic heterocycles. The van der Waals surface area contributed by atoms with E-state index in [2.05, 4.69) is 33.8 Å². The Balaban J connectivity index is 1.36. The molecule has 2 aliphatic heterocycles. The second-order valence-corrected chi connectivity index (χ2v) is 8.50. The van der Waals surface area contributed by atoms with Gasteiger partial charge in [0.25, 0.3) is 5.91 Å². The fraction of sp³-hybridized carbons (Fsp3) is 0.524. The lowest BCUT2D eigenvalue weighted by atomic mass is 9.99. The van der Waals surface area contributed by atoms with Gasteiger partial charge in [0, 0.05) is 56.4 Å². The van der Waals surface area contributed by atoms with Crippen molar-refractivity contribution in [2.75, 3.05) is 56.2 Å². The maximum atomic E-state index is 12.7. The van der Waals surface area contributed by atoms with Gasteiger partial charge in [-0.05, 0) is 30.9 Å². The molecule has 3 heterocycles. The van der Waals surface area contributed by atoms with Crippen molar-refractivity contribution in [2.24, 2.45) is 5.92 Å². The summed E-state index contributed by atoms with van der Waals surface area (Å²) in [6, 6.07) is 8.20. The topological polar surface area (TPSA) is 48.9 Å². The average molecular weight is 401 g/mol. The van der Waals surface area contributed by atoms with Crippen LogP contribution in [0.15, 0.2) is 29.6 Å². The van der Waals surface area contributed by atoms with Crippen LogP contribution < -0.4 is 14.5 Å². The number of hydrogen-bond acceptors (Lipinski definition) is 6. The molecular formula is C21H28N4O2S. The second kappa shape index (κ2) is 8.39. The van der Waals surface area contributed by atoms with Crippen LogP contribution in [0.5, 0.6) is 5.75 Å². The SMILES string of the molecule is COc1cccc(N2CCN(c3nc(C(=O)N4CCC(C)CC4)cs3)CC2)c1. The van der Waals surface area contributed by atoms with Crippen LogP contribution in [0.4, 0.5) is 10.8 Å². The number of likely N-dealkylation sites (tertiary alicyclic amines) is 1. The highest BCUT2D eigenvalue weighted by atomic mass is 32.1. The van der Waals surface area contributed by atoms with Gasteiger partial charge in [0.2, 0.25) is 0 Å². The summed E-state index contributed by atoms with van der Waals surface area (Å²) < 4.78 is 5.34.